The van der Waals surface area contributed by atoms with E-state index < -0.39 is 0 Å². The Bertz CT molecular complexity index is 675. The zero-order chi connectivity index (χ0) is 16.7. The van der Waals surface area contributed by atoms with Crippen LogP contribution in [0.4, 0.5) is 0 Å². The summed E-state index contributed by atoms with van der Waals surface area (Å²) in [5.74, 6) is 2.42. The summed E-state index contributed by atoms with van der Waals surface area (Å²) in [7, 11) is 4.97. The molecular formula is C20H22O3. The van der Waals surface area contributed by atoms with Crippen LogP contribution >= 0.6 is 0 Å². The molecule has 3 heteroatoms. The molecule has 120 valence electrons. The molecule has 2 aromatic rings. The summed E-state index contributed by atoms with van der Waals surface area (Å²) < 4.78 is 15.7. The fraction of sp³-hybridized carbons (Fsp3) is 0.200. The first kappa shape index (κ1) is 16.7. The molecule has 0 atom stereocenters. The molecule has 0 saturated heterocycles. The van der Waals surface area contributed by atoms with Gasteiger partial charge < -0.3 is 14.2 Å². The minimum Gasteiger partial charge on any atom is -0.497 e. The lowest BCUT2D eigenvalue weighted by atomic mass is 10.1. The average molecular weight is 310 g/mol. The molecule has 3 nitrogen and oxygen atoms in total. The van der Waals surface area contributed by atoms with Crippen molar-refractivity contribution in [3.63, 3.8) is 0 Å². The summed E-state index contributed by atoms with van der Waals surface area (Å²) in [5, 5.41) is 0. The molecule has 2 aromatic carbocycles. The molecule has 23 heavy (non-hydrogen) atoms. The standard InChI is InChI=1S/C20H22O3/c1-15(5-6-16-7-9-18(21-2)10-8-16)11-17-12-19(22-3)14-20(13-17)23-4/h5-14H,1-4H3. The van der Waals surface area contributed by atoms with Crippen molar-refractivity contribution in [2.75, 3.05) is 21.3 Å². The smallest absolute Gasteiger partial charge is 0.123 e. The van der Waals surface area contributed by atoms with Crippen LogP contribution in [0.3, 0.4) is 0 Å². The third kappa shape index (κ3) is 4.92. The first-order valence-corrected chi connectivity index (χ1v) is 7.38. The molecule has 0 spiro atoms. The summed E-state index contributed by atoms with van der Waals surface area (Å²) in [5.41, 5.74) is 3.30. The second-order valence-electron chi connectivity index (χ2n) is 5.14. The van der Waals surface area contributed by atoms with Crippen molar-refractivity contribution < 1.29 is 14.2 Å². The Kier molecular flexibility index (Phi) is 5.87. The lowest BCUT2D eigenvalue weighted by Crippen LogP contribution is -1.88. The highest BCUT2D eigenvalue weighted by atomic mass is 16.5. The molecular weight excluding hydrogens is 288 g/mol. The summed E-state index contributed by atoms with van der Waals surface area (Å²) in [6, 6.07) is 13.8. The average Bonchev–Trinajstić information content (AvgIpc) is 2.60. The monoisotopic (exact) mass is 310 g/mol. The molecule has 0 saturated carbocycles. The van der Waals surface area contributed by atoms with Crippen LogP contribution in [0.5, 0.6) is 17.2 Å². The van der Waals surface area contributed by atoms with Gasteiger partial charge in [-0.25, -0.2) is 0 Å². The van der Waals surface area contributed by atoms with E-state index in [0.29, 0.717) is 0 Å². The number of allylic oxidation sites excluding steroid dienone is 2. The SMILES string of the molecule is COc1ccc(C=CC(C)=Cc2cc(OC)cc(OC)c2)cc1. The Morgan fingerprint density at radius 3 is 1.83 bits per heavy atom. The molecule has 0 heterocycles. The topological polar surface area (TPSA) is 27.7 Å². The van der Waals surface area contributed by atoms with Crippen LogP contribution < -0.4 is 14.2 Å². The Hall–Kier alpha value is -2.68. The van der Waals surface area contributed by atoms with E-state index in [1.165, 1.54) is 0 Å². The number of ether oxygens (including phenoxy) is 3. The largest absolute Gasteiger partial charge is 0.497 e. The number of benzene rings is 2. The third-order valence-electron chi connectivity index (χ3n) is 3.42. The molecule has 0 aromatic heterocycles. The molecule has 0 aliphatic carbocycles. The summed E-state index contributed by atoms with van der Waals surface area (Å²) >= 11 is 0. The first-order chi connectivity index (χ1) is 11.1. The van der Waals surface area contributed by atoms with Crippen molar-refractivity contribution in [2.24, 2.45) is 0 Å². The van der Waals surface area contributed by atoms with Crippen LogP contribution in [0.1, 0.15) is 18.1 Å². The van der Waals surface area contributed by atoms with Gasteiger partial charge >= 0.3 is 0 Å². The molecule has 0 N–H and O–H groups in total. The minimum absolute atomic E-state index is 0.780. The van der Waals surface area contributed by atoms with E-state index in [-0.39, 0.29) is 0 Å². The Morgan fingerprint density at radius 1 is 0.739 bits per heavy atom. The minimum atomic E-state index is 0.780. The van der Waals surface area contributed by atoms with Crippen molar-refractivity contribution in [3.05, 3.63) is 65.2 Å². The third-order valence-corrected chi connectivity index (χ3v) is 3.42. The van der Waals surface area contributed by atoms with E-state index in [9.17, 15) is 0 Å². The summed E-state index contributed by atoms with van der Waals surface area (Å²) in [6.07, 6.45) is 6.24. The van der Waals surface area contributed by atoms with E-state index in [1.54, 1.807) is 21.3 Å². The molecule has 0 bridgehead atoms. The maximum atomic E-state index is 5.29. The van der Waals surface area contributed by atoms with Crippen molar-refractivity contribution in [3.8, 4) is 17.2 Å². The summed E-state index contributed by atoms with van der Waals surface area (Å²) in [4.78, 5) is 0. The highest BCUT2D eigenvalue weighted by Gasteiger charge is 2.00. The van der Waals surface area contributed by atoms with Crippen LogP contribution in [0.25, 0.3) is 12.2 Å². The van der Waals surface area contributed by atoms with Gasteiger partial charge in [0.2, 0.25) is 0 Å². The number of rotatable bonds is 6. The maximum Gasteiger partial charge on any atom is 0.123 e. The zero-order valence-corrected chi connectivity index (χ0v) is 14.0. The normalized spacial score (nSPS) is 11.6. The van der Waals surface area contributed by atoms with Gasteiger partial charge in [0.1, 0.15) is 17.2 Å². The van der Waals surface area contributed by atoms with E-state index >= 15 is 0 Å². The van der Waals surface area contributed by atoms with Gasteiger partial charge in [-0.3, -0.25) is 0 Å². The van der Waals surface area contributed by atoms with Crippen molar-refractivity contribution >= 4 is 12.2 Å². The van der Waals surface area contributed by atoms with Crippen LogP contribution in [-0.4, -0.2) is 21.3 Å². The highest BCUT2D eigenvalue weighted by Crippen LogP contribution is 2.24. The van der Waals surface area contributed by atoms with Gasteiger partial charge in [0.05, 0.1) is 21.3 Å². The molecule has 0 unspecified atom stereocenters. The van der Waals surface area contributed by atoms with Gasteiger partial charge in [0.25, 0.3) is 0 Å². The Morgan fingerprint density at radius 2 is 1.30 bits per heavy atom. The van der Waals surface area contributed by atoms with Crippen molar-refractivity contribution in [2.45, 2.75) is 6.92 Å². The maximum absolute atomic E-state index is 5.29. The van der Waals surface area contributed by atoms with Crippen LogP contribution in [0.15, 0.2) is 54.1 Å². The molecule has 0 aliphatic heterocycles. The van der Waals surface area contributed by atoms with E-state index in [4.69, 9.17) is 14.2 Å². The second kappa shape index (κ2) is 8.08. The van der Waals surface area contributed by atoms with Crippen LogP contribution in [0.2, 0.25) is 0 Å². The molecule has 2 rings (SSSR count). The fourth-order valence-corrected chi connectivity index (χ4v) is 2.17. The predicted octanol–water partition coefficient (Wildman–Crippen LogP) is 4.83. The molecule has 0 fully saturated rings. The van der Waals surface area contributed by atoms with Crippen LogP contribution in [0, 0.1) is 0 Å². The zero-order valence-electron chi connectivity index (χ0n) is 14.0. The predicted molar refractivity (Wildman–Crippen MR) is 95.2 cm³/mol. The number of hydrogen-bond acceptors (Lipinski definition) is 3. The van der Waals surface area contributed by atoms with Gasteiger partial charge in [-0.15, -0.1) is 0 Å². The van der Waals surface area contributed by atoms with E-state index in [2.05, 4.69) is 25.2 Å². The quantitative estimate of drug-likeness (QED) is 0.715. The van der Waals surface area contributed by atoms with Gasteiger partial charge in [0, 0.05) is 6.07 Å². The molecule has 0 amide bonds. The first-order valence-electron chi connectivity index (χ1n) is 7.38. The van der Waals surface area contributed by atoms with Crippen molar-refractivity contribution in [1.82, 2.24) is 0 Å². The lowest BCUT2D eigenvalue weighted by Gasteiger charge is -2.06. The highest BCUT2D eigenvalue weighted by molar-refractivity contribution is 5.63. The lowest BCUT2D eigenvalue weighted by molar-refractivity contribution is 0.394. The van der Waals surface area contributed by atoms with Gasteiger partial charge in [0.15, 0.2) is 0 Å². The summed E-state index contributed by atoms with van der Waals surface area (Å²) in [6.45, 7) is 2.06. The fourth-order valence-electron chi connectivity index (χ4n) is 2.17. The second-order valence-corrected chi connectivity index (χ2v) is 5.14. The Balaban J connectivity index is 2.16. The molecule has 0 aliphatic rings. The van der Waals surface area contributed by atoms with Crippen LogP contribution in [-0.2, 0) is 0 Å². The number of methoxy groups -OCH3 is 3. The molecule has 0 radical (unpaired) electrons. The van der Waals surface area contributed by atoms with E-state index in [1.807, 2.05) is 42.5 Å². The Labute approximate surface area is 137 Å². The number of hydrogen-bond donors (Lipinski definition) is 0. The van der Waals surface area contributed by atoms with Gasteiger partial charge in [-0.2, -0.15) is 0 Å². The van der Waals surface area contributed by atoms with Crippen molar-refractivity contribution in [1.29, 1.82) is 0 Å². The van der Waals surface area contributed by atoms with E-state index in [0.717, 1.165) is 33.9 Å². The van der Waals surface area contributed by atoms with Gasteiger partial charge in [-0.1, -0.05) is 35.9 Å². The van der Waals surface area contributed by atoms with Gasteiger partial charge in [-0.05, 0) is 42.3 Å².